The van der Waals surface area contributed by atoms with Gasteiger partial charge in [0.15, 0.2) is 0 Å². The van der Waals surface area contributed by atoms with Crippen molar-refractivity contribution in [2.75, 3.05) is 13.7 Å². The molecule has 0 unspecified atom stereocenters. The highest BCUT2D eigenvalue weighted by Crippen LogP contribution is 2.26. The second-order valence-electron chi connectivity index (χ2n) is 4.95. The number of methoxy groups -OCH3 is 1. The van der Waals surface area contributed by atoms with Crippen LogP contribution in [0, 0.1) is 13.8 Å². The maximum absolute atomic E-state index is 12.1. The Kier molecular flexibility index (Phi) is 4.31. The average molecular weight is 288 g/mol. The summed E-state index contributed by atoms with van der Waals surface area (Å²) in [5, 5.41) is 3.62. The minimum absolute atomic E-state index is 0.124. The van der Waals surface area contributed by atoms with Gasteiger partial charge in [0, 0.05) is 28.7 Å². The van der Waals surface area contributed by atoms with Gasteiger partial charge in [-0.25, -0.2) is 0 Å². The van der Waals surface area contributed by atoms with Gasteiger partial charge in [0.25, 0.3) is 5.91 Å². The van der Waals surface area contributed by atoms with E-state index in [9.17, 15) is 9.59 Å². The van der Waals surface area contributed by atoms with E-state index in [4.69, 9.17) is 0 Å². The van der Waals surface area contributed by atoms with E-state index in [2.05, 4.69) is 35.4 Å². The van der Waals surface area contributed by atoms with Gasteiger partial charge >= 0.3 is 5.97 Å². The van der Waals surface area contributed by atoms with Crippen LogP contribution >= 0.6 is 0 Å². The Hall–Kier alpha value is -2.30. The third kappa shape index (κ3) is 2.77. The number of fused-ring (bicyclic) bond motifs is 1. The molecule has 0 aliphatic heterocycles. The Morgan fingerprint density at radius 1 is 1.29 bits per heavy atom. The molecule has 1 aromatic carbocycles. The number of amides is 1. The van der Waals surface area contributed by atoms with Gasteiger partial charge in [0.1, 0.15) is 6.54 Å². The summed E-state index contributed by atoms with van der Waals surface area (Å²) < 4.78 is 6.73. The van der Waals surface area contributed by atoms with Crippen LogP contribution in [0.25, 0.3) is 10.9 Å². The molecule has 5 heteroatoms. The highest BCUT2D eigenvalue weighted by molar-refractivity contribution is 6.00. The zero-order chi connectivity index (χ0) is 15.6. The van der Waals surface area contributed by atoms with Crippen LogP contribution < -0.4 is 5.32 Å². The number of hydrogen-bond donors (Lipinski definition) is 1. The topological polar surface area (TPSA) is 60.3 Å². The molecule has 1 amide bonds. The van der Waals surface area contributed by atoms with Gasteiger partial charge in [-0.1, -0.05) is 0 Å². The van der Waals surface area contributed by atoms with Crippen molar-refractivity contribution in [1.82, 2.24) is 9.88 Å². The predicted octanol–water partition coefficient (Wildman–Crippen LogP) is 2.18. The molecule has 1 N–H and O–H groups in total. The number of nitrogens with zero attached hydrogens (tertiary/aromatic N) is 1. The standard InChI is InChI=1S/C16H20N2O3/c1-5-18-11(3)10(2)13-8-12(6-7-14(13)18)16(20)17-9-15(19)21-4/h6-8H,5,9H2,1-4H3,(H,17,20). The molecule has 0 saturated heterocycles. The van der Waals surface area contributed by atoms with E-state index in [0.29, 0.717) is 5.56 Å². The highest BCUT2D eigenvalue weighted by atomic mass is 16.5. The first-order valence-corrected chi connectivity index (χ1v) is 6.94. The zero-order valence-corrected chi connectivity index (χ0v) is 12.8. The molecule has 0 spiro atoms. The van der Waals surface area contributed by atoms with Gasteiger partial charge < -0.3 is 14.6 Å². The number of carbonyl (C=O) groups excluding carboxylic acids is 2. The highest BCUT2D eigenvalue weighted by Gasteiger charge is 2.13. The Labute approximate surface area is 123 Å². The lowest BCUT2D eigenvalue weighted by Gasteiger charge is -2.06. The summed E-state index contributed by atoms with van der Waals surface area (Å²) in [5.41, 5.74) is 4.05. The Morgan fingerprint density at radius 3 is 2.62 bits per heavy atom. The summed E-state index contributed by atoms with van der Waals surface area (Å²) in [6.07, 6.45) is 0. The monoisotopic (exact) mass is 288 g/mol. The minimum atomic E-state index is -0.464. The molecular formula is C16H20N2O3. The van der Waals surface area contributed by atoms with E-state index in [1.54, 1.807) is 6.07 Å². The van der Waals surface area contributed by atoms with Gasteiger partial charge in [-0.05, 0) is 44.5 Å². The summed E-state index contributed by atoms with van der Waals surface area (Å²) in [6.45, 7) is 7.00. The molecule has 0 aliphatic carbocycles. The molecule has 0 radical (unpaired) electrons. The van der Waals surface area contributed by atoms with E-state index in [1.165, 1.54) is 18.4 Å². The number of rotatable bonds is 4. The third-order valence-electron chi connectivity index (χ3n) is 3.84. The van der Waals surface area contributed by atoms with E-state index < -0.39 is 5.97 Å². The largest absolute Gasteiger partial charge is 0.468 e. The molecule has 2 aromatic rings. The molecule has 1 heterocycles. The first kappa shape index (κ1) is 15.1. The van der Waals surface area contributed by atoms with Crippen LogP contribution in [0.5, 0.6) is 0 Å². The summed E-state index contributed by atoms with van der Waals surface area (Å²) >= 11 is 0. The maximum atomic E-state index is 12.1. The molecule has 1 aromatic heterocycles. The normalized spacial score (nSPS) is 10.7. The van der Waals surface area contributed by atoms with Gasteiger partial charge in [-0.2, -0.15) is 0 Å². The molecular weight excluding hydrogens is 268 g/mol. The second-order valence-corrected chi connectivity index (χ2v) is 4.95. The van der Waals surface area contributed by atoms with Crippen LogP contribution in [0.4, 0.5) is 0 Å². The molecule has 0 fully saturated rings. The van der Waals surface area contributed by atoms with Crippen molar-refractivity contribution in [3.05, 3.63) is 35.0 Å². The Balaban J connectivity index is 2.33. The molecule has 21 heavy (non-hydrogen) atoms. The fourth-order valence-corrected chi connectivity index (χ4v) is 2.53. The van der Waals surface area contributed by atoms with Gasteiger partial charge in [-0.3, -0.25) is 9.59 Å². The van der Waals surface area contributed by atoms with Gasteiger partial charge in [-0.15, -0.1) is 0 Å². The number of hydrogen-bond acceptors (Lipinski definition) is 3. The maximum Gasteiger partial charge on any atom is 0.325 e. The SMILES string of the molecule is CCn1c(C)c(C)c2cc(C(=O)NCC(=O)OC)ccc21. The van der Waals surface area contributed by atoms with E-state index in [0.717, 1.165) is 17.4 Å². The number of esters is 1. The first-order chi connectivity index (χ1) is 9.99. The molecule has 0 aliphatic rings. The average Bonchev–Trinajstić information content (AvgIpc) is 2.75. The molecule has 112 valence electrons. The number of nitrogens with one attached hydrogen (secondary N) is 1. The second kappa shape index (κ2) is 5.99. The molecule has 2 rings (SSSR count). The minimum Gasteiger partial charge on any atom is -0.468 e. The molecule has 5 nitrogen and oxygen atoms in total. The van der Waals surface area contributed by atoms with Gasteiger partial charge in [0.2, 0.25) is 0 Å². The van der Waals surface area contributed by atoms with Crippen LogP contribution in [-0.4, -0.2) is 30.1 Å². The summed E-state index contributed by atoms with van der Waals surface area (Å²) in [6, 6.07) is 5.60. The van der Waals surface area contributed by atoms with Crippen molar-refractivity contribution in [3.8, 4) is 0 Å². The van der Waals surface area contributed by atoms with Crippen LogP contribution in [0.1, 0.15) is 28.5 Å². The lowest BCUT2D eigenvalue weighted by molar-refractivity contribution is -0.139. The van der Waals surface area contributed by atoms with E-state index in [1.807, 2.05) is 12.1 Å². The fourth-order valence-electron chi connectivity index (χ4n) is 2.53. The lowest BCUT2D eigenvalue weighted by Crippen LogP contribution is -2.30. The summed E-state index contributed by atoms with van der Waals surface area (Å²) in [5.74, 6) is -0.739. The van der Waals surface area contributed by atoms with Crippen molar-refractivity contribution in [2.45, 2.75) is 27.3 Å². The predicted molar refractivity (Wildman–Crippen MR) is 81.4 cm³/mol. The number of benzene rings is 1. The number of ether oxygens (including phenoxy) is 1. The van der Waals surface area contributed by atoms with Crippen molar-refractivity contribution in [1.29, 1.82) is 0 Å². The van der Waals surface area contributed by atoms with Crippen molar-refractivity contribution in [3.63, 3.8) is 0 Å². The summed E-state index contributed by atoms with van der Waals surface area (Å²) in [7, 11) is 1.29. The van der Waals surface area contributed by atoms with Crippen LogP contribution in [-0.2, 0) is 16.1 Å². The van der Waals surface area contributed by atoms with E-state index >= 15 is 0 Å². The van der Waals surface area contributed by atoms with Crippen LogP contribution in [0.15, 0.2) is 18.2 Å². The zero-order valence-electron chi connectivity index (χ0n) is 12.8. The smallest absolute Gasteiger partial charge is 0.325 e. The molecule has 0 saturated carbocycles. The third-order valence-corrected chi connectivity index (χ3v) is 3.84. The number of aromatic nitrogens is 1. The van der Waals surface area contributed by atoms with E-state index in [-0.39, 0.29) is 12.5 Å². The van der Waals surface area contributed by atoms with Crippen molar-refractivity contribution < 1.29 is 14.3 Å². The fraction of sp³-hybridized carbons (Fsp3) is 0.375. The number of carbonyl (C=O) groups is 2. The van der Waals surface area contributed by atoms with Crippen LogP contribution in [0.3, 0.4) is 0 Å². The quantitative estimate of drug-likeness (QED) is 0.877. The number of aryl methyl sites for hydroxylation is 2. The Bertz CT molecular complexity index is 701. The van der Waals surface area contributed by atoms with Crippen molar-refractivity contribution >= 4 is 22.8 Å². The lowest BCUT2D eigenvalue weighted by atomic mass is 10.1. The molecule has 0 atom stereocenters. The van der Waals surface area contributed by atoms with Crippen molar-refractivity contribution in [2.24, 2.45) is 0 Å². The summed E-state index contributed by atoms with van der Waals surface area (Å²) in [4.78, 5) is 23.1. The molecule has 0 bridgehead atoms. The van der Waals surface area contributed by atoms with Gasteiger partial charge in [0.05, 0.1) is 7.11 Å². The van der Waals surface area contributed by atoms with Crippen LogP contribution in [0.2, 0.25) is 0 Å². The Morgan fingerprint density at radius 2 is 2.00 bits per heavy atom. The first-order valence-electron chi connectivity index (χ1n) is 6.94.